The van der Waals surface area contributed by atoms with Crippen molar-refractivity contribution in [2.75, 3.05) is 13.1 Å². The van der Waals surface area contributed by atoms with Crippen LogP contribution in [0.1, 0.15) is 37.2 Å². The molecule has 1 aliphatic heterocycles. The van der Waals surface area contributed by atoms with Crippen LogP contribution in [0.15, 0.2) is 18.3 Å². The molecule has 0 unspecified atom stereocenters. The fourth-order valence-corrected chi connectivity index (χ4v) is 2.98. The molecule has 22 heavy (non-hydrogen) atoms. The SMILES string of the molecule is CC(=O)N1CCC(c2nc(C)cc(-c3ccnn3C)n2)CC1. The maximum absolute atomic E-state index is 11.4. The molecule has 0 aliphatic carbocycles. The second kappa shape index (κ2) is 5.87. The standard InChI is InChI=1S/C16H21N5O/c1-11-10-14(15-4-7-17-20(15)3)19-16(18-11)13-5-8-21(9-6-13)12(2)22/h4,7,10,13H,5-6,8-9H2,1-3H3. The molecule has 1 amide bonds. The number of rotatable bonds is 2. The molecule has 2 aromatic rings. The molecule has 116 valence electrons. The molecule has 1 saturated heterocycles. The minimum absolute atomic E-state index is 0.152. The van der Waals surface area contributed by atoms with Crippen LogP contribution in [0.2, 0.25) is 0 Å². The summed E-state index contributed by atoms with van der Waals surface area (Å²) in [6.07, 6.45) is 3.62. The topological polar surface area (TPSA) is 63.9 Å². The summed E-state index contributed by atoms with van der Waals surface area (Å²) < 4.78 is 1.82. The third-order valence-corrected chi connectivity index (χ3v) is 4.26. The first-order valence-corrected chi connectivity index (χ1v) is 7.64. The molecule has 0 atom stereocenters. The van der Waals surface area contributed by atoms with Crippen LogP contribution in [0.3, 0.4) is 0 Å². The van der Waals surface area contributed by atoms with Crippen molar-refractivity contribution < 1.29 is 4.79 Å². The molecule has 3 heterocycles. The second-order valence-corrected chi connectivity index (χ2v) is 5.87. The van der Waals surface area contributed by atoms with Crippen LogP contribution in [0.25, 0.3) is 11.4 Å². The molecular weight excluding hydrogens is 278 g/mol. The quantitative estimate of drug-likeness (QED) is 0.850. The van der Waals surface area contributed by atoms with Crippen molar-refractivity contribution in [1.82, 2.24) is 24.6 Å². The zero-order chi connectivity index (χ0) is 15.7. The Kier molecular flexibility index (Phi) is 3.92. The highest BCUT2D eigenvalue weighted by molar-refractivity contribution is 5.73. The van der Waals surface area contributed by atoms with E-state index in [0.29, 0.717) is 5.92 Å². The van der Waals surface area contributed by atoms with Crippen LogP contribution >= 0.6 is 0 Å². The highest BCUT2D eigenvalue weighted by Gasteiger charge is 2.24. The first-order chi connectivity index (χ1) is 10.5. The van der Waals surface area contributed by atoms with Crippen LogP contribution in [0.5, 0.6) is 0 Å². The monoisotopic (exact) mass is 299 g/mol. The van der Waals surface area contributed by atoms with Gasteiger partial charge in [-0.1, -0.05) is 0 Å². The highest BCUT2D eigenvalue weighted by Crippen LogP contribution is 2.27. The van der Waals surface area contributed by atoms with Gasteiger partial charge in [0.1, 0.15) is 5.82 Å². The van der Waals surface area contributed by atoms with E-state index in [1.807, 2.05) is 35.7 Å². The summed E-state index contributed by atoms with van der Waals surface area (Å²) in [7, 11) is 1.91. The maximum Gasteiger partial charge on any atom is 0.219 e. The van der Waals surface area contributed by atoms with Gasteiger partial charge in [0, 0.05) is 44.9 Å². The van der Waals surface area contributed by atoms with E-state index >= 15 is 0 Å². The Bertz CT molecular complexity index is 686. The molecule has 0 aromatic carbocycles. The van der Waals surface area contributed by atoms with E-state index < -0.39 is 0 Å². The number of nitrogens with zero attached hydrogens (tertiary/aromatic N) is 5. The number of amides is 1. The van der Waals surface area contributed by atoms with E-state index in [4.69, 9.17) is 4.98 Å². The summed E-state index contributed by atoms with van der Waals surface area (Å²) in [5.41, 5.74) is 2.87. The number of aryl methyl sites for hydroxylation is 2. The van der Waals surface area contributed by atoms with Crippen LogP contribution in [-0.4, -0.2) is 43.6 Å². The van der Waals surface area contributed by atoms with E-state index in [2.05, 4.69) is 10.1 Å². The lowest BCUT2D eigenvalue weighted by atomic mass is 9.95. The Balaban J connectivity index is 1.85. The Morgan fingerprint density at radius 3 is 2.59 bits per heavy atom. The van der Waals surface area contributed by atoms with Gasteiger partial charge in [0.2, 0.25) is 5.91 Å². The van der Waals surface area contributed by atoms with Gasteiger partial charge in [0.25, 0.3) is 0 Å². The van der Waals surface area contributed by atoms with E-state index in [9.17, 15) is 4.79 Å². The van der Waals surface area contributed by atoms with Crippen molar-refractivity contribution in [2.24, 2.45) is 7.05 Å². The molecule has 0 saturated carbocycles. The smallest absolute Gasteiger partial charge is 0.219 e. The first-order valence-electron chi connectivity index (χ1n) is 7.64. The van der Waals surface area contributed by atoms with Crippen LogP contribution in [0.4, 0.5) is 0 Å². The average molecular weight is 299 g/mol. The molecule has 2 aromatic heterocycles. The van der Waals surface area contributed by atoms with E-state index in [1.54, 1.807) is 13.1 Å². The molecule has 3 rings (SSSR count). The third-order valence-electron chi connectivity index (χ3n) is 4.26. The summed E-state index contributed by atoms with van der Waals surface area (Å²) in [6, 6.07) is 3.95. The zero-order valence-electron chi connectivity index (χ0n) is 13.3. The summed E-state index contributed by atoms with van der Waals surface area (Å²) in [4.78, 5) is 22.7. The van der Waals surface area contributed by atoms with Gasteiger partial charge in [-0.15, -0.1) is 0 Å². The molecular formula is C16H21N5O. The van der Waals surface area contributed by atoms with Gasteiger partial charge in [0.15, 0.2) is 0 Å². The number of aromatic nitrogens is 4. The number of hydrogen-bond donors (Lipinski definition) is 0. The lowest BCUT2D eigenvalue weighted by Gasteiger charge is -2.30. The summed E-state index contributed by atoms with van der Waals surface area (Å²) in [6.45, 7) is 5.20. The van der Waals surface area contributed by atoms with Crippen molar-refractivity contribution in [3.8, 4) is 11.4 Å². The predicted molar refractivity (Wildman–Crippen MR) is 83.2 cm³/mol. The predicted octanol–water partition coefficient (Wildman–Crippen LogP) is 1.91. The molecule has 6 nitrogen and oxygen atoms in total. The number of piperidine rings is 1. The highest BCUT2D eigenvalue weighted by atomic mass is 16.2. The third kappa shape index (κ3) is 2.86. The number of carbonyl (C=O) groups is 1. The van der Waals surface area contributed by atoms with E-state index in [1.165, 1.54) is 0 Å². The van der Waals surface area contributed by atoms with Crippen molar-refractivity contribution in [1.29, 1.82) is 0 Å². The Labute approximate surface area is 130 Å². The number of hydrogen-bond acceptors (Lipinski definition) is 4. The molecule has 1 aliphatic rings. The Morgan fingerprint density at radius 1 is 1.27 bits per heavy atom. The van der Waals surface area contributed by atoms with E-state index in [0.717, 1.165) is 48.8 Å². The first kappa shape index (κ1) is 14.7. The van der Waals surface area contributed by atoms with Gasteiger partial charge in [0.05, 0.1) is 11.4 Å². The molecule has 0 bridgehead atoms. The van der Waals surface area contributed by atoms with Crippen molar-refractivity contribution >= 4 is 5.91 Å². The normalized spacial score (nSPS) is 16.0. The van der Waals surface area contributed by atoms with Crippen molar-refractivity contribution in [2.45, 2.75) is 32.6 Å². The van der Waals surface area contributed by atoms with Crippen LogP contribution in [0, 0.1) is 6.92 Å². The minimum Gasteiger partial charge on any atom is -0.343 e. The fraction of sp³-hybridized carbons (Fsp3) is 0.500. The van der Waals surface area contributed by atoms with Gasteiger partial charge < -0.3 is 4.90 Å². The van der Waals surface area contributed by atoms with Crippen LogP contribution in [-0.2, 0) is 11.8 Å². The Hall–Kier alpha value is -2.24. The lowest BCUT2D eigenvalue weighted by Crippen LogP contribution is -2.36. The van der Waals surface area contributed by atoms with Gasteiger partial charge in [-0.25, -0.2) is 9.97 Å². The maximum atomic E-state index is 11.4. The second-order valence-electron chi connectivity index (χ2n) is 5.87. The van der Waals surface area contributed by atoms with Gasteiger partial charge in [-0.2, -0.15) is 5.10 Å². The molecule has 1 fully saturated rings. The molecule has 0 radical (unpaired) electrons. The lowest BCUT2D eigenvalue weighted by molar-refractivity contribution is -0.129. The summed E-state index contributed by atoms with van der Waals surface area (Å²) >= 11 is 0. The molecule has 6 heteroatoms. The molecule has 0 N–H and O–H groups in total. The zero-order valence-corrected chi connectivity index (χ0v) is 13.3. The summed E-state index contributed by atoms with van der Waals surface area (Å²) in [5.74, 6) is 1.36. The van der Waals surface area contributed by atoms with E-state index in [-0.39, 0.29) is 5.91 Å². The summed E-state index contributed by atoms with van der Waals surface area (Å²) in [5, 5.41) is 4.21. The number of carbonyl (C=O) groups excluding carboxylic acids is 1. The fourth-order valence-electron chi connectivity index (χ4n) is 2.98. The molecule has 0 spiro atoms. The Morgan fingerprint density at radius 2 is 2.00 bits per heavy atom. The number of likely N-dealkylation sites (tertiary alicyclic amines) is 1. The minimum atomic E-state index is 0.152. The van der Waals surface area contributed by atoms with Crippen molar-refractivity contribution in [3.05, 3.63) is 29.8 Å². The van der Waals surface area contributed by atoms with Gasteiger partial charge in [-0.3, -0.25) is 9.48 Å². The average Bonchev–Trinajstić information content (AvgIpc) is 2.93. The van der Waals surface area contributed by atoms with Gasteiger partial charge >= 0.3 is 0 Å². The largest absolute Gasteiger partial charge is 0.343 e. The van der Waals surface area contributed by atoms with Crippen LogP contribution < -0.4 is 0 Å². The van der Waals surface area contributed by atoms with Crippen molar-refractivity contribution in [3.63, 3.8) is 0 Å². The van der Waals surface area contributed by atoms with Gasteiger partial charge in [-0.05, 0) is 31.9 Å².